The van der Waals surface area contributed by atoms with Crippen LogP contribution in [0.2, 0.25) is 18.1 Å². The third kappa shape index (κ3) is 6.89. The topological polar surface area (TPSA) is 107 Å². The highest BCUT2D eigenvalue weighted by Gasteiger charge is 2.42. The van der Waals surface area contributed by atoms with Crippen molar-refractivity contribution in [2.75, 3.05) is 18.0 Å². The number of hydrogen-bond acceptors (Lipinski definition) is 7. The van der Waals surface area contributed by atoms with Gasteiger partial charge in [-0.25, -0.2) is 4.79 Å². The fourth-order valence-corrected chi connectivity index (χ4v) is 4.65. The Hall–Kier alpha value is -2.20. The molecule has 1 aliphatic rings. The van der Waals surface area contributed by atoms with Crippen LogP contribution in [0.15, 0.2) is 18.5 Å². The molecule has 1 amide bonds. The van der Waals surface area contributed by atoms with Crippen molar-refractivity contribution in [2.45, 2.75) is 83.8 Å². The van der Waals surface area contributed by atoms with Gasteiger partial charge in [0.25, 0.3) is 0 Å². The molecule has 10 heteroatoms. The molecular weight excluding hydrogens is 416 g/mol. The average Bonchev–Trinajstić information content (AvgIpc) is 2.58. The number of rotatable bonds is 5. The molecule has 1 aromatic heterocycles. The molecule has 0 unspecified atom stereocenters. The Bertz CT molecular complexity index is 804. The molecule has 0 radical (unpaired) electrons. The molecule has 2 heterocycles. The summed E-state index contributed by atoms with van der Waals surface area (Å²) in [6.07, 6.45) is 2.72. The summed E-state index contributed by atoms with van der Waals surface area (Å²) in [7, 11) is -2.08. The molecule has 9 nitrogen and oxygen atoms in total. The first-order chi connectivity index (χ1) is 14.1. The van der Waals surface area contributed by atoms with Crippen LogP contribution in [-0.4, -0.2) is 55.2 Å². The Morgan fingerprint density at radius 2 is 1.90 bits per heavy atom. The molecule has 0 saturated carbocycles. The molecule has 174 valence electrons. The SMILES string of the molecule is CC(C)(C)OC(=O)N[C@H]1C[C@@H](O[Si](C)(C)C(C)(C)C)CN(c2ccncc2[N+](=O)[O-])C1. The smallest absolute Gasteiger partial charge is 0.407 e. The Balaban J connectivity index is 2.30. The third-order valence-corrected chi connectivity index (χ3v) is 10.3. The number of nitrogens with zero attached hydrogens (tertiary/aromatic N) is 3. The predicted molar refractivity (Wildman–Crippen MR) is 123 cm³/mol. The van der Waals surface area contributed by atoms with E-state index in [1.165, 1.54) is 12.4 Å². The van der Waals surface area contributed by atoms with E-state index >= 15 is 0 Å². The Kier molecular flexibility index (Phi) is 7.37. The van der Waals surface area contributed by atoms with Crippen LogP contribution in [0.1, 0.15) is 48.0 Å². The predicted octanol–water partition coefficient (Wildman–Crippen LogP) is 4.48. The van der Waals surface area contributed by atoms with E-state index in [4.69, 9.17) is 9.16 Å². The number of nitro groups is 1. The highest BCUT2D eigenvalue weighted by atomic mass is 28.4. The van der Waals surface area contributed by atoms with Gasteiger partial charge in [0, 0.05) is 19.3 Å². The zero-order valence-electron chi connectivity index (χ0n) is 19.9. The second-order valence-electron chi connectivity index (χ2n) is 10.6. The van der Waals surface area contributed by atoms with E-state index in [1.54, 1.807) is 6.07 Å². The first kappa shape index (κ1) is 25.1. The lowest BCUT2D eigenvalue weighted by atomic mass is 10.0. The zero-order valence-corrected chi connectivity index (χ0v) is 20.9. The van der Waals surface area contributed by atoms with Gasteiger partial charge < -0.3 is 19.4 Å². The molecule has 1 N–H and O–H groups in total. The van der Waals surface area contributed by atoms with E-state index in [0.29, 0.717) is 25.2 Å². The molecule has 0 aromatic carbocycles. The molecule has 1 aliphatic heterocycles. The quantitative estimate of drug-likeness (QED) is 0.398. The van der Waals surface area contributed by atoms with Crippen molar-refractivity contribution in [3.8, 4) is 0 Å². The summed E-state index contributed by atoms with van der Waals surface area (Å²) in [6, 6.07) is 1.36. The van der Waals surface area contributed by atoms with Gasteiger partial charge in [-0.05, 0) is 51.4 Å². The van der Waals surface area contributed by atoms with Gasteiger partial charge in [0.2, 0.25) is 0 Å². The van der Waals surface area contributed by atoms with Gasteiger partial charge in [-0.15, -0.1) is 0 Å². The fraction of sp³-hybridized carbons (Fsp3) is 0.714. The minimum absolute atomic E-state index is 0.0199. The van der Waals surface area contributed by atoms with Crippen LogP contribution in [0, 0.1) is 10.1 Å². The van der Waals surface area contributed by atoms with Crippen molar-refractivity contribution in [3.63, 3.8) is 0 Å². The molecule has 1 saturated heterocycles. The van der Waals surface area contributed by atoms with Crippen molar-refractivity contribution >= 4 is 25.8 Å². The Morgan fingerprint density at radius 1 is 1.26 bits per heavy atom. The molecule has 31 heavy (non-hydrogen) atoms. The van der Waals surface area contributed by atoms with Crippen LogP contribution in [0.5, 0.6) is 0 Å². The summed E-state index contributed by atoms with van der Waals surface area (Å²) in [5.41, 5.74) is -0.203. The molecular formula is C21H36N4O5Si. The second kappa shape index (κ2) is 9.11. The maximum Gasteiger partial charge on any atom is 0.407 e. The average molecular weight is 453 g/mol. The van der Waals surface area contributed by atoms with Gasteiger partial charge in [0.15, 0.2) is 8.32 Å². The van der Waals surface area contributed by atoms with Gasteiger partial charge >= 0.3 is 11.8 Å². The lowest BCUT2D eigenvalue weighted by Gasteiger charge is -2.44. The summed E-state index contributed by atoms with van der Waals surface area (Å²) in [5, 5.41) is 14.5. The molecule has 1 fully saturated rings. The normalized spacial score (nSPS) is 20.3. The molecule has 2 atom stereocenters. The number of anilines is 1. The standard InChI is InChI=1S/C21H36N4O5Si/c1-20(2,3)29-19(26)23-15-11-16(30-31(7,8)21(4,5)6)14-24(13-15)17-9-10-22-12-18(17)25(27)28/h9-10,12,15-16H,11,13-14H2,1-8H3,(H,23,26)/t15-,16+/m0/s1. The monoisotopic (exact) mass is 452 g/mol. The van der Waals surface area contributed by atoms with E-state index in [1.807, 2.05) is 25.7 Å². The third-order valence-electron chi connectivity index (χ3n) is 5.72. The van der Waals surface area contributed by atoms with Crippen LogP contribution in [0.25, 0.3) is 0 Å². The van der Waals surface area contributed by atoms with E-state index in [9.17, 15) is 14.9 Å². The Labute approximate surface area is 185 Å². The first-order valence-corrected chi connectivity index (χ1v) is 13.5. The number of hydrogen-bond donors (Lipinski definition) is 1. The van der Waals surface area contributed by atoms with Gasteiger partial charge in [-0.2, -0.15) is 0 Å². The number of aromatic nitrogens is 1. The lowest BCUT2D eigenvalue weighted by molar-refractivity contribution is -0.384. The highest BCUT2D eigenvalue weighted by molar-refractivity contribution is 6.74. The van der Waals surface area contributed by atoms with E-state index in [2.05, 4.69) is 44.2 Å². The van der Waals surface area contributed by atoms with Gasteiger partial charge in [0.05, 0.1) is 17.1 Å². The zero-order chi connectivity index (χ0) is 23.6. The maximum atomic E-state index is 12.4. The molecule has 2 rings (SSSR count). The van der Waals surface area contributed by atoms with E-state index in [-0.39, 0.29) is 22.9 Å². The number of pyridine rings is 1. The summed E-state index contributed by atoms with van der Waals surface area (Å²) >= 11 is 0. The van der Waals surface area contributed by atoms with Gasteiger partial charge in [-0.1, -0.05) is 20.8 Å². The van der Waals surface area contributed by atoms with Crippen LogP contribution < -0.4 is 10.2 Å². The largest absolute Gasteiger partial charge is 0.444 e. The minimum atomic E-state index is -2.08. The van der Waals surface area contributed by atoms with Crippen molar-refractivity contribution in [3.05, 3.63) is 28.6 Å². The number of carbonyl (C=O) groups is 1. The van der Waals surface area contributed by atoms with Crippen LogP contribution >= 0.6 is 0 Å². The van der Waals surface area contributed by atoms with Crippen LogP contribution in [0.3, 0.4) is 0 Å². The van der Waals surface area contributed by atoms with Crippen LogP contribution in [0.4, 0.5) is 16.2 Å². The Morgan fingerprint density at radius 3 is 2.45 bits per heavy atom. The number of alkyl carbamates (subject to hydrolysis) is 1. The van der Waals surface area contributed by atoms with Crippen molar-refractivity contribution in [2.24, 2.45) is 0 Å². The van der Waals surface area contributed by atoms with E-state index in [0.717, 1.165) is 0 Å². The summed E-state index contributed by atoms with van der Waals surface area (Å²) < 4.78 is 12.0. The maximum absolute atomic E-state index is 12.4. The van der Waals surface area contributed by atoms with Crippen molar-refractivity contribution < 1.29 is 18.9 Å². The fourth-order valence-electron chi connectivity index (χ4n) is 3.29. The van der Waals surface area contributed by atoms with Crippen LogP contribution in [-0.2, 0) is 9.16 Å². The number of piperidine rings is 1. The first-order valence-electron chi connectivity index (χ1n) is 10.6. The summed E-state index contributed by atoms with van der Waals surface area (Å²) in [5.74, 6) is 0. The highest BCUT2D eigenvalue weighted by Crippen LogP contribution is 2.39. The van der Waals surface area contributed by atoms with Crippen molar-refractivity contribution in [1.82, 2.24) is 10.3 Å². The summed E-state index contributed by atoms with van der Waals surface area (Å²) in [4.78, 5) is 29.3. The number of nitrogens with one attached hydrogen (secondary N) is 1. The number of ether oxygens (including phenoxy) is 1. The number of amides is 1. The second-order valence-corrected chi connectivity index (χ2v) is 15.4. The van der Waals surface area contributed by atoms with Gasteiger partial charge in [-0.3, -0.25) is 15.1 Å². The van der Waals surface area contributed by atoms with E-state index < -0.39 is 24.9 Å². The minimum Gasteiger partial charge on any atom is -0.444 e. The van der Waals surface area contributed by atoms with Crippen molar-refractivity contribution in [1.29, 1.82) is 0 Å². The lowest BCUT2D eigenvalue weighted by Crippen LogP contribution is -2.57. The summed E-state index contributed by atoms with van der Waals surface area (Å²) in [6.45, 7) is 17.2. The molecule has 0 aliphatic carbocycles. The van der Waals surface area contributed by atoms with Gasteiger partial charge in [0.1, 0.15) is 17.5 Å². The molecule has 0 bridgehead atoms. The molecule has 0 spiro atoms. The number of carbonyl (C=O) groups excluding carboxylic acids is 1. The molecule has 1 aromatic rings.